The summed E-state index contributed by atoms with van der Waals surface area (Å²) >= 11 is 0. The molecule has 0 radical (unpaired) electrons. The SMILES string of the molecule is Cc1cccc(N=Cc2cnn(C)c2)c1O[SiH](C)C.[H+]. The van der Waals surface area contributed by atoms with E-state index in [9.17, 15) is 0 Å². The van der Waals surface area contributed by atoms with Gasteiger partial charge in [0.15, 0.2) is 0 Å². The summed E-state index contributed by atoms with van der Waals surface area (Å²) in [6, 6.07) is 6.03. The van der Waals surface area contributed by atoms with Gasteiger partial charge in [-0.25, -0.2) is 0 Å². The summed E-state index contributed by atoms with van der Waals surface area (Å²) in [6.45, 7) is 6.36. The van der Waals surface area contributed by atoms with E-state index in [1.807, 2.05) is 31.6 Å². The second-order valence-electron chi connectivity index (χ2n) is 4.80. The monoisotopic (exact) mass is 274 g/mol. The molecule has 4 nitrogen and oxygen atoms in total. The van der Waals surface area contributed by atoms with Crippen LogP contribution in [0.1, 0.15) is 12.6 Å². The highest BCUT2D eigenvalue weighted by Crippen LogP contribution is 2.31. The van der Waals surface area contributed by atoms with Crippen molar-refractivity contribution in [2.45, 2.75) is 20.0 Å². The van der Waals surface area contributed by atoms with Crippen LogP contribution in [0.3, 0.4) is 0 Å². The third kappa shape index (κ3) is 3.54. The number of hydrogen-bond acceptors (Lipinski definition) is 3. The molecule has 0 aliphatic rings. The highest BCUT2D eigenvalue weighted by Gasteiger charge is 2.08. The predicted molar refractivity (Wildman–Crippen MR) is 82.3 cm³/mol. The summed E-state index contributed by atoms with van der Waals surface area (Å²) < 4.78 is 7.73. The fourth-order valence-corrected chi connectivity index (χ4v) is 2.56. The molecule has 0 aliphatic carbocycles. The van der Waals surface area contributed by atoms with Crippen molar-refractivity contribution in [1.82, 2.24) is 9.78 Å². The largest absolute Gasteiger partial charge is 1.00 e. The fourth-order valence-electron chi connectivity index (χ4n) is 1.78. The molecule has 5 heteroatoms. The minimum atomic E-state index is -1.14. The van der Waals surface area contributed by atoms with Gasteiger partial charge in [-0.1, -0.05) is 12.1 Å². The lowest BCUT2D eigenvalue weighted by Gasteiger charge is -2.14. The van der Waals surface area contributed by atoms with Gasteiger partial charge >= 0.3 is 1.43 Å². The smallest absolute Gasteiger partial charge is 0.545 e. The molecule has 2 aromatic rings. The quantitative estimate of drug-likeness (QED) is 0.635. The van der Waals surface area contributed by atoms with Crippen molar-refractivity contribution >= 4 is 20.9 Å². The maximum absolute atomic E-state index is 5.97. The fraction of sp³-hybridized carbons (Fsp3) is 0.286. The Morgan fingerprint density at radius 1 is 1.42 bits per heavy atom. The summed E-state index contributed by atoms with van der Waals surface area (Å²) in [5.41, 5.74) is 2.99. The van der Waals surface area contributed by atoms with Crippen molar-refractivity contribution in [2.24, 2.45) is 12.0 Å². The average Bonchev–Trinajstić information content (AvgIpc) is 2.75. The van der Waals surface area contributed by atoms with E-state index in [4.69, 9.17) is 4.43 Å². The van der Waals surface area contributed by atoms with Crippen LogP contribution in [0.4, 0.5) is 5.69 Å². The van der Waals surface area contributed by atoms with Gasteiger partial charge in [0.1, 0.15) is 11.4 Å². The van der Waals surface area contributed by atoms with Crippen LogP contribution in [0.15, 0.2) is 35.6 Å². The summed E-state index contributed by atoms with van der Waals surface area (Å²) in [5.74, 6) is 0.907. The van der Waals surface area contributed by atoms with E-state index in [0.717, 1.165) is 22.6 Å². The lowest BCUT2D eigenvalue weighted by Crippen LogP contribution is -2.12. The van der Waals surface area contributed by atoms with E-state index in [1.54, 1.807) is 10.9 Å². The van der Waals surface area contributed by atoms with Gasteiger partial charge in [0.05, 0.1) is 6.20 Å². The second-order valence-corrected chi connectivity index (χ2v) is 7.13. The highest BCUT2D eigenvalue weighted by atomic mass is 28.3. The molecule has 0 atom stereocenters. The topological polar surface area (TPSA) is 39.4 Å². The second kappa shape index (κ2) is 5.84. The molecule has 0 unspecified atom stereocenters. The van der Waals surface area contributed by atoms with Gasteiger partial charge < -0.3 is 4.43 Å². The zero-order chi connectivity index (χ0) is 13.8. The number of rotatable bonds is 4. The van der Waals surface area contributed by atoms with Crippen molar-refractivity contribution < 1.29 is 5.85 Å². The molecule has 2 rings (SSSR count). The van der Waals surface area contributed by atoms with Crippen LogP contribution in [-0.4, -0.2) is 25.0 Å². The number of aliphatic imine (C=N–C) groups is 1. The van der Waals surface area contributed by atoms with Crippen molar-refractivity contribution in [3.63, 3.8) is 0 Å². The number of hydrogen-bond donors (Lipinski definition) is 0. The highest BCUT2D eigenvalue weighted by molar-refractivity contribution is 6.49. The third-order valence-electron chi connectivity index (χ3n) is 2.62. The molecule has 0 amide bonds. The van der Waals surface area contributed by atoms with Crippen LogP contribution in [0.25, 0.3) is 0 Å². The molecule has 0 fully saturated rings. The molecule has 1 aromatic carbocycles. The molecule has 0 spiro atoms. The van der Waals surface area contributed by atoms with Crippen molar-refractivity contribution in [2.75, 3.05) is 0 Å². The molecular weight excluding hydrogens is 254 g/mol. The summed E-state index contributed by atoms with van der Waals surface area (Å²) in [4.78, 5) is 4.52. The Hall–Kier alpha value is -1.88. The molecule has 1 aromatic heterocycles. The van der Waals surface area contributed by atoms with Crippen molar-refractivity contribution in [1.29, 1.82) is 0 Å². The Labute approximate surface area is 117 Å². The third-order valence-corrected chi connectivity index (χ3v) is 3.33. The van der Waals surface area contributed by atoms with Crippen LogP contribution >= 0.6 is 0 Å². The van der Waals surface area contributed by atoms with Crippen molar-refractivity contribution in [3.8, 4) is 5.75 Å². The zero-order valence-corrected chi connectivity index (χ0v) is 12.9. The van der Waals surface area contributed by atoms with Crippen LogP contribution in [0.5, 0.6) is 5.75 Å². The lowest BCUT2D eigenvalue weighted by atomic mass is 10.2. The van der Waals surface area contributed by atoms with Crippen molar-refractivity contribution in [3.05, 3.63) is 41.7 Å². The number of nitrogens with zero attached hydrogens (tertiary/aromatic N) is 3. The first-order valence-corrected chi connectivity index (χ1v) is 9.13. The number of benzene rings is 1. The van der Waals surface area contributed by atoms with Crippen LogP contribution in [-0.2, 0) is 7.05 Å². The Morgan fingerprint density at radius 3 is 2.84 bits per heavy atom. The first-order valence-electron chi connectivity index (χ1n) is 6.35. The van der Waals surface area contributed by atoms with Gasteiger partial charge in [0.25, 0.3) is 0 Å². The van der Waals surface area contributed by atoms with Gasteiger partial charge in [0, 0.05) is 25.0 Å². The van der Waals surface area contributed by atoms with Gasteiger partial charge in [-0.2, -0.15) is 5.10 Å². The van der Waals surface area contributed by atoms with Gasteiger partial charge in [-0.3, -0.25) is 9.67 Å². The van der Waals surface area contributed by atoms with Gasteiger partial charge in [0.2, 0.25) is 9.04 Å². The predicted octanol–water partition coefficient (Wildman–Crippen LogP) is 2.95. The maximum Gasteiger partial charge on any atom is 1.00 e. The van der Waals surface area contributed by atoms with Crippen LogP contribution in [0, 0.1) is 6.92 Å². The van der Waals surface area contributed by atoms with E-state index in [2.05, 4.69) is 36.2 Å². The van der Waals surface area contributed by atoms with Gasteiger partial charge in [-0.05, 0) is 31.6 Å². The lowest BCUT2D eigenvalue weighted by molar-refractivity contribution is 0.577. The van der Waals surface area contributed by atoms with E-state index < -0.39 is 9.04 Å². The molecule has 0 saturated carbocycles. The summed E-state index contributed by atoms with van der Waals surface area (Å²) in [7, 11) is 0.753. The molecule has 1 heterocycles. The molecule has 0 N–H and O–H groups in total. The summed E-state index contributed by atoms with van der Waals surface area (Å²) in [5, 5.41) is 4.12. The number of aryl methyl sites for hydroxylation is 2. The average molecular weight is 274 g/mol. The molecule has 100 valence electrons. The summed E-state index contributed by atoms with van der Waals surface area (Å²) in [6.07, 6.45) is 5.53. The standard InChI is InChI=1S/C14H19N3OSi/c1-11-6-5-7-13(14(11)18-19(3)4)15-8-12-9-16-17(2)10-12/h5-10,19H,1-4H3/p+1. The molecular formula is C14H20N3OSi+. The first-order chi connectivity index (χ1) is 9.06. The molecule has 0 saturated heterocycles. The number of para-hydroxylation sites is 1. The number of aromatic nitrogens is 2. The van der Waals surface area contributed by atoms with E-state index in [-0.39, 0.29) is 1.43 Å². The minimum Gasteiger partial charge on any atom is -0.545 e. The minimum absolute atomic E-state index is 0. The van der Waals surface area contributed by atoms with E-state index >= 15 is 0 Å². The van der Waals surface area contributed by atoms with Crippen LogP contribution in [0.2, 0.25) is 13.1 Å². The Bertz CT molecular complexity index is 596. The van der Waals surface area contributed by atoms with E-state index in [1.165, 1.54) is 0 Å². The first kappa shape index (κ1) is 13.5. The van der Waals surface area contributed by atoms with Crippen LogP contribution < -0.4 is 4.43 Å². The van der Waals surface area contributed by atoms with Gasteiger partial charge in [-0.15, -0.1) is 0 Å². The Kier molecular flexibility index (Phi) is 4.16. The van der Waals surface area contributed by atoms with E-state index in [0.29, 0.717) is 0 Å². The maximum atomic E-state index is 5.97. The Balaban J connectivity index is 0.00000200. The zero-order valence-electron chi connectivity index (χ0n) is 12.8. The molecule has 19 heavy (non-hydrogen) atoms. The Morgan fingerprint density at radius 2 is 2.21 bits per heavy atom. The molecule has 0 bridgehead atoms. The molecule has 0 aliphatic heterocycles. The normalized spacial score (nSPS) is 11.4.